The largest absolute Gasteiger partial charge is 0.387 e. The Morgan fingerprint density at radius 3 is 2.47 bits per heavy atom. The normalized spacial score (nSPS) is 14.2. The molecule has 3 N–H and O–H groups in total. The molecule has 0 spiro atoms. The summed E-state index contributed by atoms with van der Waals surface area (Å²) in [5.41, 5.74) is 6.84. The maximum Gasteiger partial charge on any atom is 0.0990 e. The topological polar surface area (TPSA) is 49.9 Å². The molecule has 1 aromatic carbocycles. The Labute approximate surface area is 108 Å². The van der Waals surface area contributed by atoms with Crippen molar-refractivity contribution >= 4 is 17.6 Å². The van der Waals surface area contributed by atoms with Gasteiger partial charge in [-0.25, -0.2) is 0 Å². The number of rotatable bonds is 7. The minimum atomic E-state index is 0.0604. The molecule has 2 unspecified atom stereocenters. The first kappa shape index (κ1) is 14.1. The highest BCUT2D eigenvalue weighted by Crippen LogP contribution is 2.22. The highest BCUT2D eigenvalue weighted by Gasteiger charge is 2.14. The van der Waals surface area contributed by atoms with Crippen LogP contribution in [0.1, 0.15) is 31.7 Å². The molecule has 0 amide bonds. The van der Waals surface area contributed by atoms with Crippen LogP contribution >= 0.6 is 11.8 Å². The summed E-state index contributed by atoms with van der Waals surface area (Å²) in [7, 11) is 0. The third kappa shape index (κ3) is 4.82. The van der Waals surface area contributed by atoms with Gasteiger partial charge in [0, 0.05) is 11.7 Å². The second kappa shape index (κ2) is 7.38. The number of hydrogen-bond donors (Lipinski definition) is 2. The molecule has 1 aromatic rings. The van der Waals surface area contributed by atoms with Crippen molar-refractivity contribution in [1.82, 2.24) is 0 Å². The standard InChI is InChI=1S/C14H22N2S/c1-3-11(2)9-17-10-13(14(15)16)12-7-5-4-6-8-12/h4-8,11,13H,3,9-10H2,1-2H3,(H3,15,16). The lowest BCUT2D eigenvalue weighted by Crippen LogP contribution is -2.22. The zero-order valence-electron chi connectivity index (χ0n) is 10.6. The molecule has 2 atom stereocenters. The Bertz CT molecular complexity index is 337. The maximum absolute atomic E-state index is 7.68. The summed E-state index contributed by atoms with van der Waals surface area (Å²) in [5, 5.41) is 7.68. The van der Waals surface area contributed by atoms with E-state index in [-0.39, 0.29) is 11.8 Å². The van der Waals surface area contributed by atoms with E-state index in [1.165, 1.54) is 6.42 Å². The molecule has 0 aliphatic rings. The summed E-state index contributed by atoms with van der Waals surface area (Å²) in [6.07, 6.45) is 1.21. The predicted octanol–water partition coefficient (Wildman–Crippen LogP) is 3.49. The van der Waals surface area contributed by atoms with Crippen LogP contribution < -0.4 is 5.73 Å². The molecular weight excluding hydrogens is 228 g/mol. The molecule has 0 bridgehead atoms. The van der Waals surface area contributed by atoms with Crippen LogP contribution in [-0.2, 0) is 0 Å². The number of nitrogens with two attached hydrogens (primary N) is 1. The Hall–Kier alpha value is -0.960. The van der Waals surface area contributed by atoms with Gasteiger partial charge < -0.3 is 5.73 Å². The monoisotopic (exact) mass is 250 g/mol. The number of benzene rings is 1. The van der Waals surface area contributed by atoms with Gasteiger partial charge in [0.15, 0.2) is 0 Å². The number of hydrogen-bond acceptors (Lipinski definition) is 2. The van der Waals surface area contributed by atoms with Gasteiger partial charge in [0.1, 0.15) is 0 Å². The van der Waals surface area contributed by atoms with Crippen LogP contribution in [0.25, 0.3) is 0 Å². The van der Waals surface area contributed by atoms with Gasteiger partial charge in [-0.05, 0) is 17.2 Å². The van der Waals surface area contributed by atoms with Gasteiger partial charge >= 0.3 is 0 Å². The van der Waals surface area contributed by atoms with E-state index >= 15 is 0 Å². The molecule has 0 saturated carbocycles. The van der Waals surface area contributed by atoms with Crippen molar-refractivity contribution < 1.29 is 0 Å². The molecule has 94 valence electrons. The summed E-state index contributed by atoms with van der Waals surface area (Å²) in [5.74, 6) is 3.12. The van der Waals surface area contributed by atoms with Gasteiger partial charge in [0.25, 0.3) is 0 Å². The second-order valence-corrected chi connectivity index (χ2v) is 5.54. The molecule has 17 heavy (non-hydrogen) atoms. The molecule has 2 nitrogen and oxygen atoms in total. The van der Waals surface area contributed by atoms with Gasteiger partial charge in [0.05, 0.1) is 5.84 Å². The summed E-state index contributed by atoms with van der Waals surface area (Å²) < 4.78 is 0. The summed E-state index contributed by atoms with van der Waals surface area (Å²) in [4.78, 5) is 0. The predicted molar refractivity (Wildman–Crippen MR) is 77.9 cm³/mol. The lowest BCUT2D eigenvalue weighted by molar-refractivity contribution is 0.636. The molecule has 0 radical (unpaired) electrons. The molecule has 0 aliphatic carbocycles. The van der Waals surface area contributed by atoms with Crippen molar-refractivity contribution in [2.75, 3.05) is 11.5 Å². The van der Waals surface area contributed by atoms with E-state index in [4.69, 9.17) is 11.1 Å². The Balaban J connectivity index is 2.54. The maximum atomic E-state index is 7.68. The lowest BCUT2D eigenvalue weighted by atomic mass is 10.0. The first-order valence-corrected chi connectivity index (χ1v) is 7.27. The van der Waals surface area contributed by atoms with Gasteiger partial charge in [-0.3, -0.25) is 5.41 Å². The van der Waals surface area contributed by atoms with E-state index in [0.29, 0.717) is 0 Å². The molecule has 0 aliphatic heterocycles. The van der Waals surface area contributed by atoms with Gasteiger partial charge in [-0.15, -0.1) is 0 Å². The number of thioether (sulfide) groups is 1. The van der Waals surface area contributed by atoms with E-state index in [9.17, 15) is 0 Å². The van der Waals surface area contributed by atoms with Gasteiger partial charge in [-0.1, -0.05) is 50.6 Å². The first-order chi connectivity index (χ1) is 8.15. The van der Waals surface area contributed by atoms with Crippen LogP contribution in [0.15, 0.2) is 30.3 Å². The van der Waals surface area contributed by atoms with E-state index in [1.807, 2.05) is 30.0 Å². The Morgan fingerprint density at radius 1 is 1.29 bits per heavy atom. The molecule has 0 heterocycles. The summed E-state index contributed by atoms with van der Waals surface area (Å²) >= 11 is 1.90. The fourth-order valence-electron chi connectivity index (χ4n) is 1.56. The highest BCUT2D eigenvalue weighted by atomic mass is 32.2. The summed E-state index contributed by atoms with van der Waals surface area (Å²) in [6, 6.07) is 10.1. The van der Waals surface area contributed by atoms with Crippen LogP contribution in [0.2, 0.25) is 0 Å². The van der Waals surface area contributed by atoms with Crippen LogP contribution in [0.4, 0.5) is 0 Å². The molecule has 3 heteroatoms. The number of amidine groups is 1. The van der Waals surface area contributed by atoms with Crippen molar-refractivity contribution in [3.05, 3.63) is 35.9 Å². The van der Waals surface area contributed by atoms with E-state index in [1.54, 1.807) is 0 Å². The molecule has 0 aromatic heterocycles. The van der Waals surface area contributed by atoms with Crippen molar-refractivity contribution in [3.63, 3.8) is 0 Å². The van der Waals surface area contributed by atoms with Gasteiger partial charge in [-0.2, -0.15) is 11.8 Å². The minimum Gasteiger partial charge on any atom is -0.387 e. The van der Waals surface area contributed by atoms with Crippen molar-refractivity contribution in [2.24, 2.45) is 11.7 Å². The fraction of sp³-hybridized carbons (Fsp3) is 0.500. The Morgan fingerprint density at radius 2 is 1.94 bits per heavy atom. The lowest BCUT2D eigenvalue weighted by Gasteiger charge is -2.16. The minimum absolute atomic E-state index is 0.0604. The van der Waals surface area contributed by atoms with E-state index < -0.39 is 0 Å². The molecule has 0 fully saturated rings. The third-order valence-corrected chi connectivity index (χ3v) is 4.33. The van der Waals surface area contributed by atoms with Crippen LogP contribution in [-0.4, -0.2) is 17.3 Å². The zero-order chi connectivity index (χ0) is 12.7. The molecule has 0 saturated heterocycles. The third-order valence-electron chi connectivity index (χ3n) is 2.96. The van der Waals surface area contributed by atoms with Crippen LogP contribution in [0.5, 0.6) is 0 Å². The van der Waals surface area contributed by atoms with Crippen LogP contribution in [0.3, 0.4) is 0 Å². The average Bonchev–Trinajstić information content (AvgIpc) is 2.34. The zero-order valence-corrected chi connectivity index (χ0v) is 11.5. The first-order valence-electron chi connectivity index (χ1n) is 6.11. The average molecular weight is 250 g/mol. The SMILES string of the molecule is CCC(C)CSCC(C(=N)N)c1ccccc1. The Kier molecular flexibility index (Phi) is 6.12. The smallest absolute Gasteiger partial charge is 0.0990 e. The highest BCUT2D eigenvalue weighted by molar-refractivity contribution is 7.99. The molecule has 1 rings (SSSR count). The van der Waals surface area contributed by atoms with Crippen molar-refractivity contribution in [2.45, 2.75) is 26.2 Å². The fourth-order valence-corrected chi connectivity index (χ4v) is 2.94. The van der Waals surface area contributed by atoms with Crippen LogP contribution in [0, 0.1) is 11.3 Å². The van der Waals surface area contributed by atoms with E-state index in [0.717, 1.165) is 23.0 Å². The summed E-state index contributed by atoms with van der Waals surface area (Å²) in [6.45, 7) is 4.48. The number of nitrogens with one attached hydrogen (secondary N) is 1. The van der Waals surface area contributed by atoms with Crippen molar-refractivity contribution in [3.8, 4) is 0 Å². The van der Waals surface area contributed by atoms with Crippen molar-refractivity contribution in [1.29, 1.82) is 5.41 Å². The van der Waals surface area contributed by atoms with Gasteiger partial charge in [0.2, 0.25) is 0 Å². The quantitative estimate of drug-likeness (QED) is 0.575. The van der Waals surface area contributed by atoms with E-state index in [2.05, 4.69) is 26.0 Å². The molecular formula is C14H22N2S. The second-order valence-electron chi connectivity index (χ2n) is 4.47.